The highest BCUT2D eigenvalue weighted by Gasteiger charge is 2.45. The van der Waals surface area contributed by atoms with Gasteiger partial charge in [0, 0.05) is 18.5 Å². The van der Waals surface area contributed by atoms with Gasteiger partial charge in [-0.2, -0.15) is 10.5 Å². The molecule has 0 radical (unpaired) electrons. The van der Waals surface area contributed by atoms with Gasteiger partial charge in [-0.05, 0) is 37.7 Å². The van der Waals surface area contributed by atoms with Gasteiger partial charge in [-0.25, -0.2) is 0 Å². The molecule has 1 N–H and O–H groups in total. The van der Waals surface area contributed by atoms with E-state index in [0.717, 1.165) is 24.8 Å². The van der Waals surface area contributed by atoms with Gasteiger partial charge in [0.15, 0.2) is 5.41 Å². The van der Waals surface area contributed by atoms with E-state index in [2.05, 4.69) is 30.5 Å². The first-order chi connectivity index (χ1) is 10.2. The summed E-state index contributed by atoms with van der Waals surface area (Å²) >= 11 is 0. The van der Waals surface area contributed by atoms with Crippen molar-refractivity contribution in [1.82, 2.24) is 5.32 Å². The lowest BCUT2D eigenvalue weighted by Gasteiger charge is -2.35. The van der Waals surface area contributed by atoms with Crippen LogP contribution in [0.25, 0.3) is 0 Å². The molecular formula is C18H23N3. The molecule has 0 aliphatic carbocycles. The smallest absolute Gasteiger partial charge is 0.168 e. The maximum absolute atomic E-state index is 9.71. The van der Waals surface area contributed by atoms with Crippen LogP contribution in [0.1, 0.15) is 39.5 Å². The molecule has 0 unspecified atom stereocenters. The highest BCUT2D eigenvalue weighted by atomic mass is 15.0. The highest BCUT2D eigenvalue weighted by Crippen LogP contribution is 2.44. The van der Waals surface area contributed by atoms with Crippen molar-refractivity contribution in [3.63, 3.8) is 0 Å². The SMILES string of the molecule is C/C=C/C=C/CC(C#N)(C#N)C1=C[C@H]2CC[C@H](N2)[C@@H]1CC. The highest BCUT2D eigenvalue weighted by molar-refractivity contribution is 5.39. The van der Waals surface area contributed by atoms with Crippen LogP contribution in [0.4, 0.5) is 0 Å². The van der Waals surface area contributed by atoms with Crippen LogP contribution in [-0.2, 0) is 0 Å². The molecule has 21 heavy (non-hydrogen) atoms. The van der Waals surface area contributed by atoms with Crippen LogP contribution in [0.5, 0.6) is 0 Å². The van der Waals surface area contributed by atoms with Gasteiger partial charge in [-0.15, -0.1) is 0 Å². The minimum atomic E-state index is -1.01. The number of fused-ring (bicyclic) bond motifs is 2. The number of nitrogens with one attached hydrogen (secondary N) is 1. The summed E-state index contributed by atoms with van der Waals surface area (Å²) in [4.78, 5) is 0. The molecule has 0 amide bonds. The summed E-state index contributed by atoms with van der Waals surface area (Å²) in [6.07, 6.45) is 13.6. The molecule has 0 aromatic rings. The lowest BCUT2D eigenvalue weighted by atomic mass is 9.70. The molecule has 3 nitrogen and oxygen atoms in total. The first kappa shape index (κ1) is 15.5. The lowest BCUT2D eigenvalue weighted by molar-refractivity contribution is 0.359. The predicted octanol–water partition coefficient (Wildman–Crippen LogP) is 3.63. The minimum absolute atomic E-state index is 0.304. The van der Waals surface area contributed by atoms with Gasteiger partial charge in [0.25, 0.3) is 0 Å². The number of nitriles is 2. The van der Waals surface area contributed by atoms with E-state index in [-0.39, 0.29) is 0 Å². The van der Waals surface area contributed by atoms with E-state index in [1.807, 2.05) is 31.2 Å². The Morgan fingerprint density at radius 3 is 2.71 bits per heavy atom. The summed E-state index contributed by atoms with van der Waals surface area (Å²) in [6.45, 7) is 4.10. The van der Waals surface area contributed by atoms with Crippen molar-refractivity contribution in [2.75, 3.05) is 0 Å². The van der Waals surface area contributed by atoms with Crippen molar-refractivity contribution >= 4 is 0 Å². The Bertz CT molecular complexity index is 528. The van der Waals surface area contributed by atoms with Gasteiger partial charge in [0.05, 0.1) is 12.1 Å². The third-order valence-corrected chi connectivity index (χ3v) is 4.66. The number of rotatable bonds is 5. The molecule has 2 aliphatic rings. The van der Waals surface area contributed by atoms with E-state index >= 15 is 0 Å². The molecule has 3 heteroatoms. The number of nitrogens with zero attached hydrogens (tertiary/aromatic N) is 2. The first-order valence-electron chi connectivity index (χ1n) is 7.79. The normalized spacial score (nSPS) is 28.6. The van der Waals surface area contributed by atoms with Crippen molar-refractivity contribution in [2.45, 2.75) is 51.6 Å². The molecule has 3 atom stereocenters. The standard InChI is InChI=1S/C18H23N3/c1-3-5-6-7-10-18(12-19,13-20)16-11-14-8-9-17(21-14)15(16)4-2/h3,5-7,11,14-15,17,21H,4,8-10H2,1-2H3/b5-3+,7-6+/t14-,15-,17+/m1/s1. The lowest BCUT2D eigenvalue weighted by Crippen LogP contribution is -2.43. The molecule has 2 aliphatic heterocycles. The molecule has 0 aromatic carbocycles. The largest absolute Gasteiger partial charge is 0.307 e. The molecule has 1 saturated heterocycles. The zero-order valence-electron chi connectivity index (χ0n) is 12.8. The number of hydrogen-bond donors (Lipinski definition) is 1. The molecule has 110 valence electrons. The van der Waals surface area contributed by atoms with Crippen LogP contribution in [0.2, 0.25) is 0 Å². The Hall–Kier alpha value is -1.84. The van der Waals surface area contributed by atoms with Crippen molar-refractivity contribution < 1.29 is 0 Å². The van der Waals surface area contributed by atoms with Gasteiger partial charge in [-0.3, -0.25) is 0 Å². The quantitative estimate of drug-likeness (QED) is 0.618. The van der Waals surface area contributed by atoms with Gasteiger partial charge < -0.3 is 5.32 Å². The predicted molar refractivity (Wildman–Crippen MR) is 84.0 cm³/mol. The fourth-order valence-electron chi connectivity index (χ4n) is 3.57. The van der Waals surface area contributed by atoms with Crippen LogP contribution >= 0.6 is 0 Å². The van der Waals surface area contributed by atoms with E-state index in [1.54, 1.807) is 0 Å². The van der Waals surface area contributed by atoms with Crippen LogP contribution in [0, 0.1) is 34.0 Å². The summed E-state index contributed by atoms with van der Waals surface area (Å²) in [6, 6.07) is 5.40. The van der Waals surface area contributed by atoms with Crippen molar-refractivity contribution in [3.05, 3.63) is 36.0 Å². The third-order valence-electron chi connectivity index (χ3n) is 4.66. The average Bonchev–Trinajstić information content (AvgIpc) is 2.90. The van der Waals surface area contributed by atoms with Gasteiger partial charge >= 0.3 is 0 Å². The Balaban J connectivity index is 2.33. The summed E-state index contributed by atoms with van der Waals surface area (Å²) in [7, 11) is 0. The van der Waals surface area contributed by atoms with Crippen molar-refractivity contribution in [3.8, 4) is 12.1 Å². The van der Waals surface area contributed by atoms with E-state index in [0.29, 0.717) is 24.4 Å². The van der Waals surface area contributed by atoms with Gasteiger partial charge in [-0.1, -0.05) is 37.3 Å². The molecular weight excluding hydrogens is 258 g/mol. The van der Waals surface area contributed by atoms with Crippen LogP contribution < -0.4 is 5.32 Å². The average molecular weight is 281 g/mol. The summed E-state index contributed by atoms with van der Waals surface area (Å²) in [5, 5.41) is 23.0. The van der Waals surface area contributed by atoms with Crippen molar-refractivity contribution in [1.29, 1.82) is 10.5 Å². The second-order valence-electron chi connectivity index (χ2n) is 5.88. The fraction of sp³-hybridized carbons (Fsp3) is 0.556. The molecule has 0 saturated carbocycles. The molecule has 0 spiro atoms. The fourth-order valence-corrected chi connectivity index (χ4v) is 3.57. The summed E-state index contributed by atoms with van der Waals surface area (Å²) < 4.78 is 0. The maximum Gasteiger partial charge on any atom is 0.168 e. The summed E-state index contributed by atoms with van der Waals surface area (Å²) in [5.41, 5.74) is 0.0354. The van der Waals surface area contributed by atoms with E-state index in [4.69, 9.17) is 0 Å². The van der Waals surface area contributed by atoms with E-state index in [1.165, 1.54) is 0 Å². The van der Waals surface area contributed by atoms with Gasteiger partial charge in [0.1, 0.15) is 0 Å². The van der Waals surface area contributed by atoms with E-state index in [9.17, 15) is 10.5 Å². The number of allylic oxidation sites excluding steroid dienone is 4. The third kappa shape index (κ3) is 2.94. The van der Waals surface area contributed by atoms with Gasteiger partial charge in [0.2, 0.25) is 0 Å². The molecule has 2 heterocycles. The first-order valence-corrected chi connectivity index (χ1v) is 7.79. The van der Waals surface area contributed by atoms with Crippen LogP contribution in [0.15, 0.2) is 36.0 Å². The van der Waals surface area contributed by atoms with Crippen LogP contribution in [-0.4, -0.2) is 12.1 Å². The Morgan fingerprint density at radius 1 is 1.33 bits per heavy atom. The van der Waals surface area contributed by atoms with E-state index < -0.39 is 5.41 Å². The Labute approximate surface area is 127 Å². The maximum atomic E-state index is 9.71. The van der Waals surface area contributed by atoms with Crippen molar-refractivity contribution in [2.24, 2.45) is 11.3 Å². The second kappa shape index (κ2) is 6.74. The minimum Gasteiger partial charge on any atom is -0.307 e. The molecule has 2 rings (SSSR count). The Kier molecular flexibility index (Phi) is 4.99. The molecule has 0 aromatic heterocycles. The number of hydrogen-bond acceptors (Lipinski definition) is 3. The Morgan fingerprint density at radius 2 is 2.10 bits per heavy atom. The molecule has 2 bridgehead atoms. The topological polar surface area (TPSA) is 59.6 Å². The molecule has 1 fully saturated rings. The summed E-state index contributed by atoms with van der Waals surface area (Å²) in [5.74, 6) is 0.304. The zero-order valence-corrected chi connectivity index (χ0v) is 12.8. The monoisotopic (exact) mass is 281 g/mol. The second-order valence-corrected chi connectivity index (χ2v) is 5.88. The van der Waals surface area contributed by atoms with Crippen LogP contribution in [0.3, 0.4) is 0 Å². The zero-order chi connectivity index (χ0) is 15.3.